The van der Waals surface area contributed by atoms with E-state index in [4.69, 9.17) is 0 Å². The number of halogens is 5. The van der Waals surface area contributed by atoms with Gasteiger partial charge in [-0.15, -0.1) is 47.9 Å². The molecule has 4 aromatic carbocycles. The van der Waals surface area contributed by atoms with Crippen LogP contribution in [0.4, 0.5) is 13.2 Å². The standard InChI is InChI=1S/C23H29.C7H4F3.C6H5.C5H5.CH2.2ClH.Zr/c1-14-9-16-11-17-10-15(2)21(23(6,7)8)13-19(17)18(16)12-20(14)22(3,4)5;8-7(9,10)6-4-2-1-3-5-6;1-2-4-6-5-3-1;1-2-4-5-3-1;;;;/h9,12-13H,11H2,1-8H3;1-2,4-5H;1-5H;1-3H,4H2;1H2;2*1H;/q4*-1;;;;. The molecule has 4 aromatic rings. The molecule has 0 saturated carbocycles. The molecule has 0 nitrogen and oxygen atoms in total. The Hall–Kier alpha value is -2.52. The van der Waals surface area contributed by atoms with Gasteiger partial charge in [-0.1, -0.05) is 77.1 Å². The van der Waals surface area contributed by atoms with E-state index in [9.17, 15) is 13.2 Å². The van der Waals surface area contributed by atoms with Crippen molar-refractivity contribution in [2.75, 3.05) is 0 Å². The zero-order chi connectivity index (χ0) is 34.5. The van der Waals surface area contributed by atoms with Crippen LogP contribution in [0.2, 0.25) is 0 Å². The van der Waals surface area contributed by atoms with Gasteiger partial charge in [0.05, 0.1) is 0 Å². The maximum atomic E-state index is 11.8. The first-order chi connectivity index (χ1) is 21.6. The molecule has 0 unspecified atom stereocenters. The molecular formula is C42H47Cl2F3Zr-4. The van der Waals surface area contributed by atoms with Crippen molar-refractivity contribution in [3.63, 3.8) is 0 Å². The predicted octanol–water partition coefficient (Wildman–Crippen LogP) is 12.4. The molecule has 0 N–H and O–H groups in total. The van der Waals surface area contributed by atoms with E-state index < -0.39 is 11.7 Å². The van der Waals surface area contributed by atoms with Gasteiger partial charge in [-0.25, -0.2) is 12.2 Å². The van der Waals surface area contributed by atoms with Gasteiger partial charge in [0.2, 0.25) is 0 Å². The zero-order valence-electron chi connectivity index (χ0n) is 29.2. The van der Waals surface area contributed by atoms with E-state index in [-0.39, 0.29) is 35.6 Å². The molecule has 0 aromatic heterocycles. The Labute approximate surface area is 315 Å². The number of allylic oxidation sites excluding steroid dienone is 4. The minimum absolute atomic E-state index is 0. The summed E-state index contributed by atoms with van der Waals surface area (Å²) in [7, 11) is 0. The van der Waals surface area contributed by atoms with Crippen LogP contribution in [-0.2, 0) is 47.7 Å². The maximum Gasteiger partial charge on any atom is -0.171 e. The normalized spacial score (nSPS) is 12.0. The van der Waals surface area contributed by atoms with Crippen molar-refractivity contribution >= 4 is 29.0 Å². The number of benzene rings is 4. The predicted molar refractivity (Wildman–Crippen MR) is 199 cm³/mol. The van der Waals surface area contributed by atoms with Gasteiger partial charge in [-0.3, -0.25) is 6.08 Å². The maximum absolute atomic E-state index is 11.8. The Bertz CT molecular complexity index is 1470. The van der Waals surface area contributed by atoms with Crippen LogP contribution >= 0.6 is 24.8 Å². The fraction of sp³-hybridized carbons (Fsp3) is 0.310. The van der Waals surface area contributed by atoms with Crippen LogP contribution in [0, 0.1) is 38.1 Å². The molecule has 6 heteroatoms. The summed E-state index contributed by atoms with van der Waals surface area (Å²) in [5.74, 6) is 0. The summed E-state index contributed by atoms with van der Waals surface area (Å²) >= 11 is 1.30. The van der Waals surface area contributed by atoms with Crippen LogP contribution in [0.1, 0.15) is 86.9 Å². The molecule has 2 aliphatic carbocycles. The molecule has 6 rings (SSSR count). The van der Waals surface area contributed by atoms with Gasteiger partial charge in [0.15, 0.2) is 0 Å². The van der Waals surface area contributed by atoms with E-state index in [1.54, 1.807) is 0 Å². The van der Waals surface area contributed by atoms with Crippen molar-refractivity contribution in [2.45, 2.75) is 85.2 Å². The van der Waals surface area contributed by atoms with Crippen molar-refractivity contribution in [3.05, 3.63) is 154 Å². The number of hydrogen-bond donors (Lipinski definition) is 0. The van der Waals surface area contributed by atoms with Crippen LogP contribution in [0.3, 0.4) is 0 Å². The number of rotatable bonds is 0. The Morgan fingerprint density at radius 1 is 0.750 bits per heavy atom. The molecule has 0 atom stereocenters. The van der Waals surface area contributed by atoms with Crippen molar-refractivity contribution in [1.29, 1.82) is 0 Å². The molecule has 0 amide bonds. The van der Waals surface area contributed by atoms with E-state index in [1.807, 2.05) is 42.5 Å². The second kappa shape index (κ2) is 20.9. The topological polar surface area (TPSA) is 0 Å². The quantitative estimate of drug-likeness (QED) is 0.138. The van der Waals surface area contributed by atoms with Gasteiger partial charge in [0.1, 0.15) is 0 Å². The fourth-order valence-electron chi connectivity index (χ4n) is 5.27. The van der Waals surface area contributed by atoms with Gasteiger partial charge in [0.25, 0.3) is 0 Å². The molecule has 2 aliphatic rings. The first-order valence-corrected chi connectivity index (χ1v) is 17.0. The second-order valence-electron chi connectivity index (χ2n) is 13.1. The van der Waals surface area contributed by atoms with Gasteiger partial charge in [-0.05, 0) is 35.4 Å². The summed E-state index contributed by atoms with van der Waals surface area (Å²) in [5.41, 5.74) is 11.0. The van der Waals surface area contributed by atoms with Gasteiger partial charge >= 0.3 is 34.6 Å². The van der Waals surface area contributed by atoms with Crippen molar-refractivity contribution in [1.82, 2.24) is 0 Å². The molecule has 0 radical (unpaired) electrons. The Morgan fingerprint density at radius 2 is 1.33 bits per heavy atom. The van der Waals surface area contributed by atoms with Crippen LogP contribution in [0.25, 0.3) is 11.1 Å². The third-order valence-electron chi connectivity index (χ3n) is 7.31. The first kappa shape index (κ1) is 45.5. The Morgan fingerprint density at radius 3 is 1.71 bits per heavy atom. The molecule has 258 valence electrons. The smallest absolute Gasteiger partial charge is 0.171 e. The average molecular weight is 771 g/mol. The zero-order valence-corrected chi connectivity index (χ0v) is 33.3. The van der Waals surface area contributed by atoms with E-state index in [1.165, 1.54) is 80.9 Å². The first-order valence-electron chi connectivity index (χ1n) is 15.3. The Balaban J connectivity index is 0.000000726. The van der Waals surface area contributed by atoms with Gasteiger partial charge in [-0.2, -0.15) is 104 Å². The Kier molecular flexibility index (Phi) is 19.8. The van der Waals surface area contributed by atoms with E-state index in [0.717, 1.165) is 25.0 Å². The summed E-state index contributed by atoms with van der Waals surface area (Å²) in [6, 6.07) is 30.5. The van der Waals surface area contributed by atoms with Gasteiger partial charge in [0, 0.05) is 0 Å². The third-order valence-corrected chi connectivity index (χ3v) is 7.31. The number of fused-ring (bicyclic) bond motifs is 3. The summed E-state index contributed by atoms with van der Waals surface area (Å²) in [6.07, 6.45) is 6.79. The number of alkyl halides is 3. The molecule has 0 aliphatic heterocycles. The molecule has 0 heterocycles. The summed E-state index contributed by atoms with van der Waals surface area (Å²) in [4.78, 5) is 0. The van der Waals surface area contributed by atoms with E-state index >= 15 is 0 Å². The van der Waals surface area contributed by atoms with E-state index in [2.05, 4.69) is 108 Å². The van der Waals surface area contributed by atoms with Crippen molar-refractivity contribution in [3.8, 4) is 11.1 Å². The van der Waals surface area contributed by atoms with Gasteiger partial charge < -0.3 is 0 Å². The van der Waals surface area contributed by atoms with Crippen LogP contribution in [0.5, 0.6) is 0 Å². The molecule has 0 saturated heterocycles. The molecular weight excluding hydrogens is 724 g/mol. The third kappa shape index (κ3) is 14.1. The SMILES string of the molecule is Cc1[c-]c2c(cc1C(C)(C)C)-c1cc(C(C)(C)C)c(C)cc1C2.Cl.Cl.FC(F)(F)c1c[c-]ccc1.[C-]1=CC=CC1.[CH2]=[Zr].[c-]1ccccc1. The number of hydrogen-bond acceptors (Lipinski definition) is 0. The minimum atomic E-state index is -4.24. The molecule has 0 fully saturated rings. The summed E-state index contributed by atoms with van der Waals surface area (Å²) < 4.78 is 38.6. The fourth-order valence-corrected chi connectivity index (χ4v) is 5.27. The molecule has 0 spiro atoms. The summed E-state index contributed by atoms with van der Waals surface area (Å²) in [6.45, 7) is 18.2. The van der Waals surface area contributed by atoms with Crippen molar-refractivity contribution < 1.29 is 37.4 Å². The molecule has 48 heavy (non-hydrogen) atoms. The van der Waals surface area contributed by atoms with Crippen LogP contribution < -0.4 is 0 Å². The monoisotopic (exact) mass is 768 g/mol. The van der Waals surface area contributed by atoms with Crippen molar-refractivity contribution in [2.24, 2.45) is 0 Å². The van der Waals surface area contributed by atoms with Crippen LogP contribution in [-0.4, -0.2) is 4.21 Å². The number of aryl methyl sites for hydroxylation is 2. The average Bonchev–Trinajstić information content (AvgIpc) is 3.70. The van der Waals surface area contributed by atoms with Crippen LogP contribution in [0.15, 0.2) is 91.0 Å². The molecule has 0 bridgehead atoms. The second-order valence-corrected chi connectivity index (χ2v) is 13.1. The largest absolute Gasteiger partial charge is 0.184 e. The summed E-state index contributed by atoms with van der Waals surface area (Å²) in [5, 5.41) is 0. The van der Waals surface area contributed by atoms with E-state index in [0.29, 0.717) is 0 Å². The minimum Gasteiger partial charge on any atom is -0.184 e.